The van der Waals surface area contributed by atoms with E-state index in [0.717, 1.165) is 16.7 Å². The van der Waals surface area contributed by atoms with Crippen molar-refractivity contribution in [2.75, 3.05) is 13.2 Å². The van der Waals surface area contributed by atoms with Gasteiger partial charge in [0.2, 0.25) is 0 Å². The maximum atomic E-state index is 11.3. The lowest BCUT2D eigenvalue weighted by molar-refractivity contribution is -0.152. The second-order valence-electron chi connectivity index (χ2n) is 7.76. The minimum Gasteiger partial charge on any atom is -0.479 e. The number of carbonyl (C=O) groups is 1. The van der Waals surface area contributed by atoms with Crippen LogP contribution in [0.5, 0.6) is 0 Å². The first kappa shape index (κ1) is 22.7. The maximum absolute atomic E-state index is 11.3. The Morgan fingerprint density at radius 2 is 1.23 bits per heavy atom. The Hall–Kier alpha value is -2.95. The highest BCUT2D eigenvalue weighted by atomic mass is 16.5. The summed E-state index contributed by atoms with van der Waals surface area (Å²) in [6.07, 6.45) is -0.352. The fraction of sp³-hybridized carbons (Fsp3) is 0.296. The van der Waals surface area contributed by atoms with Crippen LogP contribution in [0.4, 0.5) is 0 Å². The second kappa shape index (κ2) is 10.9. The normalized spacial score (nSPS) is 13.5. The van der Waals surface area contributed by atoms with Crippen LogP contribution in [0, 0.1) is 5.92 Å². The van der Waals surface area contributed by atoms with Crippen LogP contribution in [0.25, 0.3) is 0 Å². The zero-order chi connectivity index (χ0) is 22.1. The van der Waals surface area contributed by atoms with Crippen molar-refractivity contribution in [1.29, 1.82) is 0 Å². The summed E-state index contributed by atoms with van der Waals surface area (Å²) >= 11 is 0. The SMILES string of the molecule is CCC(OC[C@@H](C)COC(c1ccccc1)(c1ccccc1)c1ccccc1)C(=O)O. The number of carboxylic acid groups (broad SMARTS) is 1. The molecule has 0 amide bonds. The van der Waals surface area contributed by atoms with Crippen LogP contribution in [0.2, 0.25) is 0 Å². The molecular weight excluding hydrogens is 388 g/mol. The summed E-state index contributed by atoms with van der Waals surface area (Å²) in [6.45, 7) is 4.56. The average Bonchev–Trinajstić information content (AvgIpc) is 2.82. The summed E-state index contributed by atoms with van der Waals surface area (Å²) in [5.74, 6) is -0.910. The molecule has 3 aromatic rings. The lowest BCUT2D eigenvalue weighted by Gasteiger charge is -2.37. The molecule has 3 aromatic carbocycles. The standard InChI is InChI=1S/C27H30O4/c1-3-25(26(28)29)30-19-21(2)20-31-27(22-13-7-4-8-14-22,23-15-9-5-10-16-23)24-17-11-6-12-18-24/h4-18,21,25H,3,19-20H2,1-2H3,(H,28,29)/t21-,25?/m1/s1. The summed E-state index contributed by atoms with van der Waals surface area (Å²) in [7, 11) is 0. The molecule has 4 heteroatoms. The summed E-state index contributed by atoms with van der Waals surface area (Å²) in [6, 6.07) is 30.6. The summed E-state index contributed by atoms with van der Waals surface area (Å²) in [5.41, 5.74) is 2.34. The zero-order valence-electron chi connectivity index (χ0n) is 18.1. The third-order valence-electron chi connectivity index (χ3n) is 5.35. The van der Waals surface area contributed by atoms with Crippen LogP contribution < -0.4 is 0 Å². The third-order valence-corrected chi connectivity index (χ3v) is 5.35. The van der Waals surface area contributed by atoms with E-state index in [9.17, 15) is 9.90 Å². The van der Waals surface area contributed by atoms with Crippen LogP contribution in [0.1, 0.15) is 37.0 Å². The summed E-state index contributed by atoms with van der Waals surface area (Å²) < 4.78 is 12.4. The number of carboxylic acids is 1. The van der Waals surface area contributed by atoms with Gasteiger partial charge in [-0.2, -0.15) is 0 Å². The van der Waals surface area contributed by atoms with Gasteiger partial charge in [0.25, 0.3) is 0 Å². The van der Waals surface area contributed by atoms with E-state index in [1.165, 1.54) is 0 Å². The van der Waals surface area contributed by atoms with Gasteiger partial charge in [0, 0.05) is 5.92 Å². The Kier molecular flexibility index (Phi) is 7.99. The van der Waals surface area contributed by atoms with E-state index in [0.29, 0.717) is 19.6 Å². The fourth-order valence-electron chi connectivity index (χ4n) is 3.73. The van der Waals surface area contributed by atoms with Gasteiger partial charge in [-0.1, -0.05) is 105 Å². The highest BCUT2D eigenvalue weighted by molar-refractivity contribution is 5.72. The van der Waals surface area contributed by atoms with Crippen molar-refractivity contribution in [3.63, 3.8) is 0 Å². The van der Waals surface area contributed by atoms with E-state index in [4.69, 9.17) is 9.47 Å². The molecule has 0 saturated carbocycles. The van der Waals surface area contributed by atoms with E-state index in [1.807, 2.05) is 68.4 Å². The van der Waals surface area contributed by atoms with Crippen molar-refractivity contribution in [1.82, 2.24) is 0 Å². The molecule has 0 heterocycles. The molecule has 4 nitrogen and oxygen atoms in total. The van der Waals surface area contributed by atoms with Gasteiger partial charge in [-0.3, -0.25) is 0 Å². The summed E-state index contributed by atoms with van der Waals surface area (Å²) in [4.78, 5) is 11.3. The first-order chi connectivity index (χ1) is 15.1. The first-order valence-electron chi connectivity index (χ1n) is 10.7. The predicted molar refractivity (Wildman–Crippen MR) is 122 cm³/mol. The molecule has 0 fully saturated rings. The molecule has 162 valence electrons. The molecule has 0 aliphatic rings. The van der Waals surface area contributed by atoms with Gasteiger partial charge in [0.05, 0.1) is 13.2 Å². The van der Waals surface area contributed by atoms with Gasteiger partial charge < -0.3 is 14.6 Å². The number of hydrogen-bond acceptors (Lipinski definition) is 3. The molecule has 1 unspecified atom stereocenters. The molecule has 3 rings (SSSR count). The number of rotatable bonds is 11. The monoisotopic (exact) mass is 418 g/mol. The van der Waals surface area contributed by atoms with Gasteiger partial charge in [-0.15, -0.1) is 0 Å². The topological polar surface area (TPSA) is 55.8 Å². The van der Waals surface area contributed by atoms with Crippen molar-refractivity contribution < 1.29 is 19.4 Å². The van der Waals surface area contributed by atoms with Crippen LogP contribution >= 0.6 is 0 Å². The predicted octanol–water partition coefficient (Wildman–Crippen LogP) is 5.51. The minimum absolute atomic E-state index is 0.0175. The second-order valence-corrected chi connectivity index (χ2v) is 7.76. The van der Waals surface area contributed by atoms with Gasteiger partial charge >= 0.3 is 5.97 Å². The smallest absolute Gasteiger partial charge is 0.332 e. The molecule has 2 atom stereocenters. The Balaban J connectivity index is 1.94. The zero-order valence-corrected chi connectivity index (χ0v) is 18.1. The average molecular weight is 419 g/mol. The number of hydrogen-bond donors (Lipinski definition) is 1. The molecule has 0 spiro atoms. The van der Waals surface area contributed by atoms with E-state index < -0.39 is 17.7 Å². The Morgan fingerprint density at radius 1 is 0.806 bits per heavy atom. The largest absolute Gasteiger partial charge is 0.479 e. The Bertz CT molecular complexity index is 829. The number of aliphatic carboxylic acids is 1. The lowest BCUT2D eigenvalue weighted by Crippen LogP contribution is -2.35. The van der Waals surface area contributed by atoms with Crippen molar-refractivity contribution in [3.8, 4) is 0 Å². The number of benzene rings is 3. The molecule has 0 saturated heterocycles. The van der Waals surface area contributed by atoms with Gasteiger partial charge in [0.15, 0.2) is 6.10 Å². The van der Waals surface area contributed by atoms with Gasteiger partial charge in [-0.05, 0) is 23.1 Å². The van der Waals surface area contributed by atoms with Crippen LogP contribution in [-0.2, 0) is 19.9 Å². The van der Waals surface area contributed by atoms with Gasteiger partial charge in [0.1, 0.15) is 5.60 Å². The molecule has 1 N–H and O–H groups in total. The van der Waals surface area contributed by atoms with Gasteiger partial charge in [-0.25, -0.2) is 4.79 Å². The van der Waals surface area contributed by atoms with Crippen LogP contribution in [0.15, 0.2) is 91.0 Å². The van der Waals surface area contributed by atoms with E-state index in [1.54, 1.807) is 0 Å². The van der Waals surface area contributed by atoms with Crippen LogP contribution in [0.3, 0.4) is 0 Å². The maximum Gasteiger partial charge on any atom is 0.332 e. The Morgan fingerprint density at radius 3 is 1.58 bits per heavy atom. The highest BCUT2D eigenvalue weighted by Crippen LogP contribution is 2.40. The molecule has 0 aliphatic heterocycles. The molecule has 31 heavy (non-hydrogen) atoms. The molecule has 0 aromatic heterocycles. The Labute approximate surface area is 184 Å². The third kappa shape index (κ3) is 5.40. The van der Waals surface area contributed by atoms with Crippen LogP contribution in [-0.4, -0.2) is 30.4 Å². The van der Waals surface area contributed by atoms with Crippen molar-refractivity contribution in [2.45, 2.75) is 32.0 Å². The van der Waals surface area contributed by atoms with Crippen molar-refractivity contribution in [3.05, 3.63) is 108 Å². The molecule has 0 bridgehead atoms. The molecular formula is C27H30O4. The first-order valence-corrected chi connectivity index (χ1v) is 10.7. The molecule has 0 radical (unpaired) electrons. The quantitative estimate of drug-likeness (QED) is 0.417. The van der Waals surface area contributed by atoms with E-state index in [2.05, 4.69) is 36.4 Å². The minimum atomic E-state index is -0.928. The van der Waals surface area contributed by atoms with E-state index >= 15 is 0 Å². The summed E-state index contributed by atoms with van der Waals surface area (Å²) in [5, 5.41) is 9.24. The lowest BCUT2D eigenvalue weighted by atomic mass is 9.80. The molecule has 0 aliphatic carbocycles. The fourth-order valence-corrected chi connectivity index (χ4v) is 3.73. The number of ether oxygens (including phenoxy) is 2. The highest BCUT2D eigenvalue weighted by Gasteiger charge is 2.37. The van der Waals surface area contributed by atoms with Crippen molar-refractivity contribution >= 4 is 5.97 Å². The van der Waals surface area contributed by atoms with E-state index in [-0.39, 0.29) is 5.92 Å². The van der Waals surface area contributed by atoms with Crippen molar-refractivity contribution in [2.24, 2.45) is 5.92 Å².